The number of hydrogen-bond donors (Lipinski definition) is 2. The second kappa shape index (κ2) is 10.4. The van der Waals surface area contributed by atoms with Crippen LogP contribution in [-0.4, -0.2) is 75.3 Å². The number of methoxy groups -OCH3 is 2. The van der Waals surface area contributed by atoms with Crippen molar-refractivity contribution in [2.24, 2.45) is 0 Å². The largest absolute Gasteiger partial charge is 0.872 e. The zero-order chi connectivity index (χ0) is 25.1. The number of aryl methyl sites for hydroxylation is 1. The molecule has 0 spiro atoms. The molecule has 0 aromatic heterocycles. The molecule has 1 amide bonds. The zero-order valence-corrected chi connectivity index (χ0v) is 20.1. The van der Waals surface area contributed by atoms with Crippen molar-refractivity contribution in [3.05, 3.63) is 58.7 Å². The second-order valence-corrected chi connectivity index (χ2v) is 8.70. The summed E-state index contributed by atoms with van der Waals surface area (Å²) in [6.07, 6.45) is 0. The van der Waals surface area contributed by atoms with Gasteiger partial charge in [0.25, 0.3) is 5.91 Å². The van der Waals surface area contributed by atoms with E-state index in [2.05, 4.69) is 0 Å². The van der Waals surface area contributed by atoms with Crippen molar-refractivity contribution in [3.8, 4) is 17.2 Å². The summed E-state index contributed by atoms with van der Waals surface area (Å²) < 4.78 is 15.9. The average molecular weight is 483 g/mol. The van der Waals surface area contributed by atoms with Crippen LogP contribution in [0.25, 0.3) is 5.76 Å². The van der Waals surface area contributed by atoms with Gasteiger partial charge in [-0.05, 0) is 47.9 Å². The summed E-state index contributed by atoms with van der Waals surface area (Å²) in [7, 11) is 2.95. The lowest BCUT2D eigenvalue weighted by atomic mass is 9.93. The lowest BCUT2D eigenvalue weighted by Gasteiger charge is -2.30. The van der Waals surface area contributed by atoms with Crippen LogP contribution < -0.4 is 19.5 Å². The van der Waals surface area contributed by atoms with Crippen LogP contribution in [0.3, 0.4) is 0 Å². The smallest absolute Gasteiger partial charge is 0.295 e. The Morgan fingerprint density at radius 2 is 1.89 bits per heavy atom. The Morgan fingerprint density at radius 3 is 2.54 bits per heavy atom. The molecule has 2 aliphatic heterocycles. The number of quaternary nitrogens is 1. The number of likely N-dealkylation sites (tertiary alicyclic amines) is 1. The molecular formula is C26H30N2O7. The number of aromatic hydroxyl groups is 1. The van der Waals surface area contributed by atoms with Crippen LogP contribution in [0.4, 0.5) is 0 Å². The van der Waals surface area contributed by atoms with Gasteiger partial charge in [0, 0.05) is 5.57 Å². The highest BCUT2D eigenvalue weighted by molar-refractivity contribution is 6.46. The maximum absolute atomic E-state index is 13.7. The molecule has 2 saturated heterocycles. The van der Waals surface area contributed by atoms with Gasteiger partial charge in [0.1, 0.15) is 18.8 Å². The van der Waals surface area contributed by atoms with E-state index in [9.17, 15) is 19.8 Å². The van der Waals surface area contributed by atoms with Crippen molar-refractivity contribution < 1.29 is 38.9 Å². The van der Waals surface area contributed by atoms with Crippen LogP contribution in [0.15, 0.2) is 42.0 Å². The molecule has 1 atom stereocenters. The molecule has 2 heterocycles. The maximum Gasteiger partial charge on any atom is 0.295 e. The van der Waals surface area contributed by atoms with Crippen molar-refractivity contribution in [1.29, 1.82) is 0 Å². The number of Topliss-reactive ketones (excluding diaryl/α,β-unsaturated/α-hetero) is 1. The number of carbonyl (C=O) groups excluding carboxylic acids is 2. The number of benzene rings is 2. The zero-order valence-electron chi connectivity index (χ0n) is 20.1. The molecular weight excluding hydrogens is 452 g/mol. The van der Waals surface area contributed by atoms with E-state index in [1.54, 1.807) is 37.3 Å². The van der Waals surface area contributed by atoms with Gasteiger partial charge in [-0.15, -0.1) is 0 Å². The van der Waals surface area contributed by atoms with E-state index in [0.717, 1.165) is 13.1 Å². The Morgan fingerprint density at radius 1 is 1.14 bits per heavy atom. The SMILES string of the molecule is COc1ccc(C([O-])=C2C(=O)C(=O)N(CC[NH+]3CCOCC3)C2c2ccc(O)c(OC)c2)c(C)c1. The lowest BCUT2D eigenvalue weighted by Crippen LogP contribution is -3.14. The van der Waals surface area contributed by atoms with Gasteiger partial charge in [-0.2, -0.15) is 0 Å². The van der Waals surface area contributed by atoms with Crippen LogP contribution in [0.5, 0.6) is 17.2 Å². The second-order valence-electron chi connectivity index (χ2n) is 8.70. The third kappa shape index (κ3) is 4.82. The predicted molar refractivity (Wildman–Crippen MR) is 125 cm³/mol. The normalized spacial score (nSPS) is 20.3. The number of amides is 1. The standard InChI is InChI=1S/C26H30N2O7/c1-16-14-18(33-2)5-6-19(16)24(30)22-23(17-4-7-20(29)21(15-17)34-3)28(26(32)25(22)31)9-8-27-10-12-35-13-11-27/h4-7,14-15,23,29-30H,8-13H2,1-3H3. The molecule has 4 rings (SSSR count). The number of morpholine rings is 1. The first-order chi connectivity index (χ1) is 16.8. The monoisotopic (exact) mass is 482 g/mol. The highest BCUT2D eigenvalue weighted by Gasteiger charge is 2.44. The Balaban J connectivity index is 1.79. The average Bonchev–Trinajstić information content (AvgIpc) is 3.12. The molecule has 0 bridgehead atoms. The number of phenolic OH excluding ortho intramolecular Hbond substituents is 1. The minimum atomic E-state index is -0.890. The lowest BCUT2D eigenvalue weighted by molar-refractivity contribution is -0.907. The fourth-order valence-electron chi connectivity index (χ4n) is 4.66. The van der Waals surface area contributed by atoms with Crippen LogP contribution >= 0.6 is 0 Å². The summed E-state index contributed by atoms with van der Waals surface area (Å²) in [4.78, 5) is 29.2. The first kappa shape index (κ1) is 24.6. The van der Waals surface area contributed by atoms with Crippen molar-refractivity contribution >= 4 is 17.4 Å². The van der Waals surface area contributed by atoms with Gasteiger partial charge in [-0.1, -0.05) is 17.9 Å². The molecule has 0 radical (unpaired) electrons. The van der Waals surface area contributed by atoms with E-state index < -0.39 is 23.5 Å². The van der Waals surface area contributed by atoms with E-state index in [4.69, 9.17) is 14.2 Å². The Kier molecular flexibility index (Phi) is 7.28. The fraction of sp³-hybridized carbons (Fsp3) is 0.385. The number of carbonyl (C=O) groups is 2. The third-order valence-electron chi connectivity index (χ3n) is 6.63. The molecule has 0 aliphatic carbocycles. The maximum atomic E-state index is 13.7. The van der Waals surface area contributed by atoms with Crippen molar-refractivity contribution in [2.75, 3.05) is 53.6 Å². The quantitative estimate of drug-likeness (QED) is 0.321. The molecule has 2 fully saturated rings. The van der Waals surface area contributed by atoms with Gasteiger partial charge in [0.15, 0.2) is 11.5 Å². The summed E-state index contributed by atoms with van der Waals surface area (Å²) in [6, 6.07) is 8.70. The van der Waals surface area contributed by atoms with E-state index in [1.165, 1.54) is 30.1 Å². The van der Waals surface area contributed by atoms with E-state index in [1.807, 2.05) is 0 Å². The molecule has 2 aromatic carbocycles. The summed E-state index contributed by atoms with van der Waals surface area (Å²) in [5.74, 6) is -1.30. The fourth-order valence-corrected chi connectivity index (χ4v) is 4.66. The number of ether oxygens (including phenoxy) is 3. The molecule has 2 aromatic rings. The highest BCUT2D eigenvalue weighted by Crippen LogP contribution is 2.41. The first-order valence-corrected chi connectivity index (χ1v) is 11.6. The van der Waals surface area contributed by atoms with Crippen molar-refractivity contribution in [1.82, 2.24) is 4.90 Å². The van der Waals surface area contributed by atoms with E-state index in [-0.39, 0.29) is 17.1 Å². The summed E-state index contributed by atoms with van der Waals surface area (Å²) >= 11 is 0. The first-order valence-electron chi connectivity index (χ1n) is 11.6. The third-order valence-corrected chi connectivity index (χ3v) is 6.63. The Labute approximate surface area is 204 Å². The molecule has 9 heteroatoms. The Bertz CT molecular complexity index is 1150. The van der Waals surface area contributed by atoms with E-state index >= 15 is 0 Å². The molecule has 0 saturated carbocycles. The van der Waals surface area contributed by atoms with Gasteiger partial charge >= 0.3 is 0 Å². The van der Waals surface area contributed by atoms with Gasteiger partial charge < -0.3 is 34.2 Å². The summed E-state index contributed by atoms with van der Waals surface area (Å²) in [5, 5.41) is 23.8. The van der Waals surface area contributed by atoms with Crippen LogP contribution in [0.1, 0.15) is 22.7 Å². The molecule has 2 aliphatic rings. The molecule has 1 unspecified atom stereocenters. The topological polar surface area (TPSA) is 113 Å². The van der Waals surface area contributed by atoms with Crippen LogP contribution in [0, 0.1) is 6.92 Å². The Hall–Kier alpha value is -3.56. The van der Waals surface area contributed by atoms with Crippen molar-refractivity contribution in [3.63, 3.8) is 0 Å². The number of nitrogens with zero attached hydrogens (tertiary/aromatic N) is 1. The van der Waals surface area contributed by atoms with Crippen LogP contribution in [0.2, 0.25) is 0 Å². The number of phenols is 1. The molecule has 186 valence electrons. The van der Waals surface area contributed by atoms with Gasteiger partial charge in [0.05, 0.1) is 46.6 Å². The predicted octanol–water partition coefficient (Wildman–Crippen LogP) is -0.143. The number of ketones is 1. The van der Waals surface area contributed by atoms with Gasteiger partial charge in [0.2, 0.25) is 5.78 Å². The summed E-state index contributed by atoms with van der Waals surface area (Å²) in [5.41, 5.74) is 1.39. The van der Waals surface area contributed by atoms with Crippen molar-refractivity contribution in [2.45, 2.75) is 13.0 Å². The van der Waals surface area contributed by atoms with E-state index in [0.29, 0.717) is 48.7 Å². The number of nitrogens with one attached hydrogen (secondary N) is 1. The minimum Gasteiger partial charge on any atom is -0.872 e. The van der Waals surface area contributed by atoms with Crippen LogP contribution in [-0.2, 0) is 14.3 Å². The van der Waals surface area contributed by atoms with Gasteiger partial charge in [-0.25, -0.2) is 0 Å². The highest BCUT2D eigenvalue weighted by atomic mass is 16.5. The van der Waals surface area contributed by atoms with Gasteiger partial charge in [-0.3, -0.25) is 9.59 Å². The molecule has 9 nitrogen and oxygen atoms in total. The number of hydrogen-bond acceptors (Lipinski definition) is 7. The molecule has 2 N–H and O–H groups in total. The minimum absolute atomic E-state index is 0.0740. The number of rotatable bonds is 7. The summed E-state index contributed by atoms with van der Waals surface area (Å²) in [6.45, 7) is 5.60. The molecule has 35 heavy (non-hydrogen) atoms.